The highest BCUT2D eigenvalue weighted by molar-refractivity contribution is 7.81. The maximum Gasteiger partial charge on any atom is 0.0656 e. The lowest BCUT2D eigenvalue weighted by Gasteiger charge is -2.20. The molecular weight excluding hydrogens is 120 g/mol. The highest BCUT2D eigenvalue weighted by Gasteiger charge is 2.18. The molecule has 0 amide bonds. The molecule has 1 aliphatic carbocycles. The van der Waals surface area contributed by atoms with E-state index >= 15 is 0 Å². The van der Waals surface area contributed by atoms with Crippen LogP contribution < -0.4 is 11.1 Å². The average molecular weight is 128 g/mol. The molecule has 0 saturated heterocycles. The van der Waals surface area contributed by atoms with Crippen molar-refractivity contribution in [2.24, 2.45) is 5.73 Å². The van der Waals surface area contributed by atoms with E-state index in [0.29, 0.717) is 0 Å². The molecule has 0 spiro atoms. The van der Waals surface area contributed by atoms with Crippen LogP contribution in [0.1, 0.15) is 6.42 Å². The largest absolute Gasteiger partial charge is 0.396 e. The zero-order valence-corrected chi connectivity index (χ0v) is 5.51. The first-order valence-electron chi connectivity index (χ1n) is 2.45. The van der Waals surface area contributed by atoms with Crippen molar-refractivity contribution >= 4 is 17.1 Å². The van der Waals surface area contributed by atoms with Crippen molar-refractivity contribution in [2.75, 3.05) is 7.05 Å². The molecule has 0 aromatic heterocycles. The molecule has 44 valence electrons. The summed E-state index contributed by atoms with van der Waals surface area (Å²) in [5.74, 6) is 0. The van der Waals surface area contributed by atoms with Crippen LogP contribution in [-0.2, 0) is 0 Å². The van der Waals surface area contributed by atoms with Gasteiger partial charge in [-0.05, 0) is 0 Å². The predicted octanol–water partition coefficient (Wildman–Crippen LogP) is 0.150. The van der Waals surface area contributed by atoms with E-state index in [9.17, 15) is 0 Å². The molecule has 0 saturated carbocycles. The summed E-state index contributed by atoms with van der Waals surface area (Å²) in [7, 11) is 1.85. The van der Waals surface area contributed by atoms with Crippen LogP contribution in [0, 0.1) is 0 Å². The van der Waals surface area contributed by atoms with Crippen LogP contribution in [0.25, 0.3) is 0 Å². The molecule has 1 rings (SSSR count). The molecule has 0 aromatic carbocycles. The van der Waals surface area contributed by atoms with Crippen molar-refractivity contribution in [2.45, 2.75) is 6.42 Å². The fraction of sp³-hybridized carbons (Fsp3) is 0.400. The summed E-state index contributed by atoms with van der Waals surface area (Å²) < 4.78 is 0. The summed E-state index contributed by atoms with van der Waals surface area (Å²) in [6.07, 6.45) is 0.859. The van der Waals surface area contributed by atoms with Gasteiger partial charge in [0, 0.05) is 24.0 Å². The number of thiocarbonyl (C=S) groups is 1. The van der Waals surface area contributed by atoms with Gasteiger partial charge in [0.05, 0.1) is 5.70 Å². The lowest BCUT2D eigenvalue weighted by molar-refractivity contribution is 0.903. The Balaban J connectivity index is 2.72. The van der Waals surface area contributed by atoms with Gasteiger partial charge in [-0.2, -0.15) is 0 Å². The van der Waals surface area contributed by atoms with Crippen LogP contribution >= 0.6 is 12.2 Å². The van der Waals surface area contributed by atoms with Gasteiger partial charge in [0.25, 0.3) is 0 Å². The van der Waals surface area contributed by atoms with E-state index in [4.69, 9.17) is 18.0 Å². The van der Waals surface area contributed by atoms with Crippen LogP contribution in [0.15, 0.2) is 11.4 Å². The van der Waals surface area contributed by atoms with Crippen LogP contribution in [0.4, 0.5) is 0 Å². The standard InChI is InChI=1S/C5H8N2S/c1-7-3-2-4(8)5(3)6/h7H,2,6H2,1H3. The topological polar surface area (TPSA) is 38.0 Å². The number of nitrogens with two attached hydrogens (primary N) is 1. The zero-order chi connectivity index (χ0) is 6.15. The summed E-state index contributed by atoms with van der Waals surface area (Å²) in [5, 5.41) is 2.95. The quantitative estimate of drug-likeness (QED) is 0.494. The number of nitrogens with one attached hydrogen (secondary N) is 1. The lowest BCUT2D eigenvalue weighted by atomic mass is 10.0. The van der Waals surface area contributed by atoms with Gasteiger partial charge in [-0.15, -0.1) is 0 Å². The smallest absolute Gasteiger partial charge is 0.0656 e. The number of rotatable bonds is 1. The molecule has 1 aliphatic rings. The molecule has 0 atom stereocenters. The van der Waals surface area contributed by atoms with E-state index < -0.39 is 0 Å². The van der Waals surface area contributed by atoms with Gasteiger partial charge in [0.2, 0.25) is 0 Å². The monoisotopic (exact) mass is 128 g/mol. The minimum absolute atomic E-state index is 0.766. The Bertz CT molecular complexity index is 160. The maximum atomic E-state index is 5.45. The fourth-order valence-electron chi connectivity index (χ4n) is 0.636. The van der Waals surface area contributed by atoms with Crippen molar-refractivity contribution in [3.63, 3.8) is 0 Å². The Kier molecular flexibility index (Phi) is 1.21. The van der Waals surface area contributed by atoms with Crippen LogP contribution in [0.5, 0.6) is 0 Å². The van der Waals surface area contributed by atoms with Gasteiger partial charge in [-0.3, -0.25) is 0 Å². The van der Waals surface area contributed by atoms with Crippen LogP contribution in [0.3, 0.4) is 0 Å². The Morgan fingerprint density at radius 2 is 2.38 bits per heavy atom. The van der Waals surface area contributed by atoms with Gasteiger partial charge in [-0.1, -0.05) is 12.2 Å². The number of allylic oxidation sites excluding steroid dienone is 2. The van der Waals surface area contributed by atoms with E-state index in [1.165, 1.54) is 0 Å². The third-order valence-corrected chi connectivity index (χ3v) is 1.63. The molecule has 8 heavy (non-hydrogen) atoms. The van der Waals surface area contributed by atoms with Gasteiger partial charge < -0.3 is 11.1 Å². The molecule has 3 heteroatoms. The lowest BCUT2D eigenvalue weighted by Crippen LogP contribution is -2.29. The van der Waals surface area contributed by atoms with Crippen LogP contribution in [0.2, 0.25) is 0 Å². The summed E-state index contributed by atoms with van der Waals surface area (Å²) in [6.45, 7) is 0. The van der Waals surface area contributed by atoms with E-state index in [-0.39, 0.29) is 0 Å². The second kappa shape index (κ2) is 1.74. The third-order valence-electron chi connectivity index (χ3n) is 1.26. The van der Waals surface area contributed by atoms with Crippen molar-refractivity contribution in [1.82, 2.24) is 5.32 Å². The molecule has 0 aliphatic heterocycles. The first-order valence-corrected chi connectivity index (χ1v) is 2.86. The molecule has 0 unspecified atom stereocenters. The van der Waals surface area contributed by atoms with Crippen molar-refractivity contribution in [3.8, 4) is 0 Å². The highest BCUT2D eigenvalue weighted by Crippen LogP contribution is 2.17. The van der Waals surface area contributed by atoms with Gasteiger partial charge in [-0.25, -0.2) is 0 Å². The average Bonchev–Trinajstić information content (AvgIpc) is 1.81. The molecule has 2 nitrogen and oxygen atoms in total. The van der Waals surface area contributed by atoms with Gasteiger partial charge >= 0.3 is 0 Å². The Morgan fingerprint density at radius 3 is 2.50 bits per heavy atom. The Hall–Kier alpha value is -0.570. The second-order valence-corrected chi connectivity index (χ2v) is 2.23. The highest BCUT2D eigenvalue weighted by atomic mass is 32.1. The molecule has 0 radical (unpaired) electrons. The first kappa shape index (κ1) is 5.56. The molecule has 0 aromatic rings. The predicted molar refractivity (Wildman–Crippen MR) is 37.5 cm³/mol. The van der Waals surface area contributed by atoms with E-state index in [1.807, 2.05) is 7.05 Å². The summed E-state index contributed by atoms with van der Waals surface area (Å²) in [5.41, 5.74) is 7.30. The SMILES string of the molecule is CNC1=C(N)C(=S)C1. The Morgan fingerprint density at radius 1 is 1.75 bits per heavy atom. The summed E-state index contributed by atoms with van der Waals surface area (Å²) in [6, 6.07) is 0. The first-order chi connectivity index (χ1) is 3.75. The van der Waals surface area contributed by atoms with E-state index in [0.717, 1.165) is 22.7 Å². The Labute approximate surface area is 53.8 Å². The summed E-state index contributed by atoms with van der Waals surface area (Å²) in [4.78, 5) is 0.884. The van der Waals surface area contributed by atoms with Crippen molar-refractivity contribution in [3.05, 3.63) is 11.4 Å². The zero-order valence-electron chi connectivity index (χ0n) is 4.69. The maximum absolute atomic E-state index is 5.45. The minimum atomic E-state index is 0.766. The minimum Gasteiger partial charge on any atom is -0.396 e. The number of hydrogen-bond donors (Lipinski definition) is 2. The second-order valence-electron chi connectivity index (χ2n) is 1.74. The van der Waals surface area contributed by atoms with Gasteiger partial charge in [0.1, 0.15) is 0 Å². The van der Waals surface area contributed by atoms with Crippen molar-refractivity contribution < 1.29 is 0 Å². The molecule has 0 fully saturated rings. The molecule has 3 N–H and O–H groups in total. The molecular formula is C5H8N2S. The molecule has 0 bridgehead atoms. The molecule has 0 heterocycles. The number of hydrogen-bond acceptors (Lipinski definition) is 3. The fourth-order valence-corrected chi connectivity index (χ4v) is 0.903. The summed E-state index contributed by atoms with van der Waals surface area (Å²) >= 11 is 4.83. The van der Waals surface area contributed by atoms with Crippen LogP contribution in [-0.4, -0.2) is 11.9 Å². The van der Waals surface area contributed by atoms with E-state index in [2.05, 4.69) is 5.32 Å². The normalized spacial score (nSPS) is 18.4. The van der Waals surface area contributed by atoms with E-state index in [1.54, 1.807) is 0 Å². The van der Waals surface area contributed by atoms with Crippen molar-refractivity contribution in [1.29, 1.82) is 0 Å². The third kappa shape index (κ3) is 0.591. The van der Waals surface area contributed by atoms with Gasteiger partial charge in [0.15, 0.2) is 0 Å².